The van der Waals surface area contributed by atoms with Crippen molar-refractivity contribution in [2.24, 2.45) is 5.16 Å². The lowest BCUT2D eigenvalue weighted by Gasteiger charge is -1.94. The molecule has 1 heterocycles. The van der Waals surface area contributed by atoms with Crippen molar-refractivity contribution in [3.8, 4) is 0 Å². The molecule has 72 valence electrons. The molecule has 1 aromatic carbocycles. The first kappa shape index (κ1) is 9.21. The number of aromatic nitrogens is 1. The summed E-state index contributed by atoms with van der Waals surface area (Å²) in [6.07, 6.45) is 1.33. The zero-order chi connectivity index (χ0) is 10.1. The van der Waals surface area contributed by atoms with E-state index in [0.717, 1.165) is 10.0 Å². The molecule has 0 spiro atoms. The van der Waals surface area contributed by atoms with Crippen LogP contribution < -0.4 is 0 Å². The van der Waals surface area contributed by atoms with Gasteiger partial charge in [0.1, 0.15) is 5.52 Å². The van der Waals surface area contributed by atoms with Crippen molar-refractivity contribution in [2.75, 3.05) is 0 Å². The van der Waals surface area contributed by atoms with Crippen LogP contribution in [0.3, 0.4) is 0 Å². The highest BCUT2D eigenvalue weighted by atomic mass is 79.9. The number of oxime groups is 1. The van der Waals surface area contributed by atoms with Crippen LogP contribution in [0.25, 0.3) is 11.1 Å². The maximum Gasteiger partial charge on any atom is 0.192 e. The van der Waals surface area contributed by atoms with Crippen LogP contribution in [-0.2, 0) is 0 Å². The van der Waals surface area contributed by atoms with E-state index >= 15 is 0 Å². The molecule has 0 radical (unpaired) electrons. The zero-order valence-electron chi connectivity index (χ0n) is 7.36. The Morgan fingerprint density at radius 3 is 3.07 bits per heavy atom. The van der Waals surface area contributed by atoms with E-state index in [1.807, 2.05) is 6.07 Å². The van der Waals surface area contributed by atoms with Crippen LogP contribution in [-0.4, -0.2) is 16.4 Å². The molecule has 2 rings (SSSR count). The Bertz CT molecular complexity index is 505. The molecule has 0 fully saturated rings. The third kappa shape index (κ3) is 1.39. The molecule has 0 bridgehead atoms. The third-order valence-electron chi connectivity index (χ3n) is 1.83. The van der Waals surface area contributed by atoms with Crippen LogP contribution in [0.4, 0.5) is 0 Å². The maximum absolute atomic E-state index is 8.45. The lowest BCUT2D eigenvalue weighted by molar-refractivity contribution is 0.322. The molecular weight excluding hydrogens is 248 g/mol. The van der Waals surface area contributed by atoms with Crippen molar-refractivity contribution in [3.63, 3.8) is 0 Å². The summed E-state index contributed by atoms with van der Waals surface area (Å²) < 4.78 is 6.22. The first-order chi connectivity index (χ1) is 6.72. The molecule has 1 aromatic heterocycles. The fourth-order valence-corrected chi connectivity index (χ4v) is 1.67. The predicted molar refractivity (Wildman–Crippen MR) is 55.8 cm³/mol. The van der Waals surface area contributed by atoms with Crippen LogP contribution in [0.5, 0.6) is 0 Å². The van der Waals surface area contributed by atoms with Gasteiger partial charge in [-0.1, -0.05) is 5.16 Å². The second kappa shape index (κ2) is 3.42. The molecule has 0 saturated heterocycles. The number of oxazole rings is 1. The van der Waals surface area contributed by atoms with Gasteiger partial charge in [0.2, 0.25) is 0 Å². The fourth-order valence-electron chi connectivity index (χ4n) is 1.27. The monoisotopic (exact) mass is 254 g/mol. The molecule has 4 nitrogen and oxygen atoms in total. The summed E-state index contributed by atoms with van der Waals surface area (Å²) in [6, 6.07) is 3.62. The number of rotatable bonds is 1. The Labute approximate surface area is 88.4 Å². The van der Waals surface area contributed by atoms with Crippen molar-refractivity contribution in [1.29, 1.82) is 0 Å². The van der Waals surface area contributed by atoms with Crippen LogP contribution in [0.2, 0.25) is 0 Å². The Morgan fingerprint density at radius 2 is 2.36 bits per heavy atom. The van der Waals surface area contributed by atoms with Gasteiger partial charge in [0.15, 0.2) is 11.5 Å². The van der Waals surface area contributed by atoms with Gasteiger partial charge < -0.3 is 9.62 Å². The van der Waals surface area contributed by atoms with Crippen molar-refractivity contribution in [3.05, 3.63) is 28.1 Å². The number of hydrogen-bond acceptors (Lipinski definition) is 4. The summed E-state index contributed by atoms with van der Waals surface area (Å²) in [6.45, 7) is 1.77. The summed E-state index contributed by atoms with van der Waals surface area (Å²) >= 11 is 3.35. The quantitative estimate of drug-likeness (QED) is 0.484. The number of fused-ring (bicyclic) bond motifs is 1. The van der Waals surface area contributed by atoms with E-state index in [1.165, 1.54) is 6.21 Å². The summed E-state index contributed by atoms with van der Waals surface area (Å²) in [4.78, 5) is 4.19. The van der Waals surface area contributed by atoms with Gasteiger partial charge in [-0.2, -0.15) is 0 Å². The summed E-state index contributed by atoms with van der Waals surface area (Å²) in [5.74, 6) is 0.583. The number of aryl methyl sites for hydroxylation is 1. The van der Waals surface area contributed by atoms with Gasteiger partial charge in [-0.25, -0.2) is 4.98 Å². The Morgan fingerprint density at radius 1 is 1.57 bits per heavy atom. The normalized spacial score (nSPS) is 11.6. The summed E-state index contributed by atoms with van der Waals surface area (Å²) in [5.41, 5.74) is 2.08. The number of benzene rings is 1. The van der Waals surface area contributed by atoms with Crippen molar-refractivity contribution in [2.45, 2.75) is 6.92 Å². The highest BCUT2D eigenvalue weighted by Gasteiger charge is 2.09. The van der Waals surface area contributed by atoms with Crippen LogP contribution in [0, 0.1) is 6.92 Å². The molecule has 0 atom stereocenters. The first-order valence-electron chi connectivity index (χ1n) is 3.95. The fraction of sp³-hybridized carbons (Fsp3) is 0.111. The average molecular weight is 255 g/mol. The smallest absolute Gasteiger partial charge is 0.192 e. The molecular formula is C9H7BrN2O2. The first-order valence-corrected chi connectivity index (χ1v) is 4.75. The van der Waals surface area contributed by atoms with E-state index in [9.17, 15) is 0 Å². The average Bonchev–Trinajstić information content (AvgIpc) is 2.53. The van der Waals surface area contributed by atoms with Crippen LogP contribution in [0.1, 0.15) is 11.5 Å². The summed E-state index contributed by atoms with van der Waals surface area (Å²) in [7, 11) is 0. The molecule has 0 aliphatic carbocycles. The standard InChI is InChI=1S/C9H7BrN2O2/c1-5-12-8-6(4-11-13)2-3-7(10)9(8)14-5/h2-4,13H,1H3. The lowest BCUT2D eigenvalue weighted by Crippen LogP contribution is -1.84. The Balaban J connectivity index is 2.80. The van der Waals surface area contributed by atoms with Crippen molar-refractivity contribution < 1.29 is 9.62 Å². The topological polar surface area (TPSA) is 58.6 Å². The minimum absolute atomic E-state index is 0.583. The number of halogens is 1. The van der Waals surface area contributed by atoms with Crippen LogP contribution in [0.15, 0.2) is 26.2 Å². The van der Waals surface area contributed by atoms with E-state index in [2.05, 4.69) is 26.1 Å². The molecule has 14 heavy (non-hydrogen) atoms. The summed E-state index contributed by atoms with van der Waals surface area (Å²) in [5, 5.41) is 11.4. The molecule has 5 heteroatoms. The zero-order valence-corrected chi connectivity index (χ0v) is 8.95. The Kier molecular flexibility index (Phi) is 2.25. The molecule has 1 N–H and O–H groups in total. The van der Waals surface area contributed by atoms with E-state index in [1.54, 1.807) is 13.0 Å². The molecule has 0 aliphatic heterocycles. The van der Waals surface area contributed by atoms with Gasteiger partial charge in [0.25, 0.3) is 0 Å². The van der Waals surface area contributed by atoms with Crippen LogP contribution >= 0.6 is 15.9 Å². The minimum Gasteiger partial charge on any atom is -0.440 e. The largest absolute Gasteiger partial charge is 0.440 e. The van der Waals surface area contributed by atoms with Gasteiger partial charge in [0, 0.05) is 12.5 Å². The minimum atomic E-state index is 0.583. The molecule has 0 aliphatic rings. The van der Waals surface area contributed by atoms with Gasteiger partial charge in [-0.05, 0) is 28.1 Å². The molecule has 0 amide bonds. The highest BCUT2D eigenvalue weighted by molar-refractivity contribution is 9.10. The van der Waals surface area contributed by atoms with Gasteiger partial charge in [0.05, 0.1) is 10.7 Å². The van der Waals surface area contributed by atoms with E-state index in [0.29, 0.717) is 17.0 Å². The van der Waals surface area contributed by atoms with Crippen molar-refractivity contribution >= 4 is 33.2 Å². The Hall–Kier alpha value is -1.36. The van der Waals surface area contributed by atoms with E-state index in [4.69, 9.17) is 9.62 Å². The second-order valence-electron chi connectivity index (χ2n) is 2.79. The van der Waals surface area contributed by atoms with E-state index in [-0.39, 0.29) is 0 Å². The predicted octanol–water partition coefficient (Wildman–Crippen LogP) is 2.71. The van der Waals surface area contributed by atoms with Gasteiger partial charge >= 0.3 is 0 Å². The maximum atomic E-state index is 8.45. The SMILES string of the molecule is Cc1nc2c(C=NO)ccc(Br)c2o1. The molecule has 0 saturated carbocycles. The molecule has 0 unspecified atom stereocenters. The van der Waals surface area contributed by atoms with Crippen molar-refractivity contribution in [1.82, 2.24) is 4.98 Å². The van der Waals surface area contributed by atoms with Gasteiger partial charge in [-0.15, -0.1) is 0 Å². The second-order valence-corrected chi connectivity index (χ2v) is 3.65. The van der Waals surface area contributed by atoms with E-state index < -0.39 is 0 Å². The van der Waals surface area contributed by atoms with Gasteiger partial charge in [-0.3, -0.25) is 0 Å². The number of nitrogens with zero attached hydrogens (tertiary/aromatic N) is 2. The lowest BCUT2D eigenvalue weighted by atomic mass is 10.2. The highest BCUT2D eigenvalue weighted by Crippen LogP contribution is 2.26. The molecule has 2 aromatic rings. The third-order valence-corrected chi connectivity index (χ3v) is 2.45. The number of hydrogen-bond donors (Lipinski definition) is 1.